The number of nitrogens with one attached hydrogen (secondary N) is 1. The van der Waals surface area contributed by atoms with Crippen LogP contribution < -0.4 is 15.1 Å². The molecule has 1 fully saturated rings. The highest BCUT2D eigenvalue weighted by Gasteiger charge is 2.30. The van der Waals surface area contributed by atoms with Crippen molar-refractivity contribution in [3.05, 3.63) is 64.6 Å². The number of rotatable bonds is 8. The number of hydrogen-bond donors (Lipinski definition) is 1. The Morgan fingerprint density at radius 1 is 1.17 bits per heavy atom. The molecule has 0 amide bonds. The molecule has 0 radical (unpaired) electrons. The van der Waals surface area contributed by atoms with Crippen LogP contribution in [0.1, 0.15) is 24.4 Å². The number of sulfonamides is 1. The molecule has 1 aromatic heterocycles. The zero-order valence-corrected chi connectivity index (χ0v) is 17.7. The van der Waals surface area contributed by atoms with Crippen LogP contribution >= 0.6 is 0 Å². The fourth-order valence-corrected chi connectivity index (χ4v) is 4.64. The van der Waals surface area contributed by atoms with Crippen molar-refractivity contribution in [2.75, 3.05) is 13.7 Å². The van der Waals surface area contributed by atoms with Crippen molar-refractivity contribution >= 4 is 10.0 Å². The van der Waals surface area contributed by atoms with Gasteiger partial charge in [-0.25, -0.2) is 22.6 Å². The predicted octanol–water partition coefficient (Wildman–Crippen LogP) is 2.34. The molecule has 0 bridgehead atoms. The summed E-state index contributed by atoms with van der Waals surface area (Å²) < 4.78 is 36.3. The van der Waals surface area contributed by atoms with Crippen LogP contribution in [0.25, 0.3) is 11.4 Å². The average Bonchev–Trinajstić information content (AvgIpc) is 3.52. The van der Waals surface area contributed by atoms with Crippen LogP contribution in [0, 0.1) is 6.92 Å². The van der Waals surface area contributed by atoms with Gasteiger partial charge in [-0.2, -0.15) is 0 Å². The molecule has 0 unspecified atom stereocenters. The van der Waals surface area contributed by atoms with E-state index in [4.69, 9.17) is 4.74 Å². The molecule has 9 heteroatoms. The molecular formula is C21H24N4O4S. The van der Waals surface area contributed by atoms with Gasteiger partial charge in [0.05, 0.1) is 13.7 Å². The van der Waals surface area contributed by atoms with E-state index in [0.717, 1.165) is 24.0 Å². The Morgan fingerprint density at radius 3 is 2.57 bits per heavy atom. The van der Waals surface area contributed by atoms with Crippen molar-refractivity contribution in [1.29, 1.82) is 0 Å². The molecule has 1 N–H and O–H groups in total. The number of aryl methyl sites for hydroxylation is 1. The summed E-state index contributed by atoms with van der Waals surface area (Å²) in [6.07, 6.45) is 1.90. The second-order valence-corrected chi connectivity index (χ2v) is 9.08. The first kappa shape index (κ1) is 20.4. The zero-order chi connectivity index (χ0) is 21.3. The van der Waals surface area contributed by atoms with E-state index in [2.05, 4.69) is 9.82 Å². The van der Waals surface area contributed by atoms with E-state index < -0.39 is 10.0 Å². The fraction of sp³-hybridized carbons (Fsp3) is 0.333. The maximum atomic E-state index is 12.9. The van der Waals surface area contributed by atoms with E-state index in [1.165, 1.54) is 11.8 Å². The number of hydrogen-bond acceptors (Lipinski definition) is 5. The van der Waals surface area contributed by atoms with Gasteiger partial charge in [-0.15, -0.1) is 5.10 Å². The summed E-state index contributed by atoms with van der Waals surface area (Å²) in [5.41, 5.74) is 1.46. The zero-order valence-electron chi connectivity index (χ0n) is 16.9. The summed E-state index contributed by atoms with van der Waals surface area (Å²) in [5.74, 6) is 0.890. The van der Waals surface area contributed by atoms with Gasteiger partial charge in [0.2, 0.25) is 10.0 Å². The number of ether oxygens (including phenoxy) is 1. The molecule has 30 heavy (non-hydrogen) atoms. The molecule has 1 saturated carbocycles. The Kier molecular flexibility index (Phi) is 5.48. The average molecular weight is 429 g/mol. The minimum absolute atomic E-state index is 0.0370. The largest absolute Gasteiger partial charge is 0.495 e. The number of benzene rings is 2. The first-order valence-corrected chi connectivity index (χ1v) is 11.3. The van der Waals surface area contributed by atoms with Crippen LogP contribution in [0.5, 0.6) is 5.75 Å². The lowest BCUT2D eigenvalue weighted by molar-refractivity contribution is 0.402. The minimum Gasteiger partial charge on any atom is -0.495 e. The molecule has 0 saturated heterocycles. The third kappa shape index (κ3) is 4.03. The van der Waals surface area contributed by atoms with Crippen molar-refractivity contribution in [2.45, 2.75) is 37.2 Å². The quantitative estimate of drug-likeness (QED) is 0.594. The molecule has 0 spiro atoms. The molecule has 8 nitrogen and oxygen atoms in total. The number of nitrogens with zero attached hydrogens (tertiary/aromatic N) is 3. The van der Waals surface area contributed by atoms with Gasteiger partial charge in [-0.1, -0.05) is 36.4 Å². The van der Waals surface area contributed by atoms with Crippen molar-refractivity contribution in [2.24, 2.45) is 0 Å². The van der Waals surface area contributed by atoms with Gasteiger partial charge in [0, 0.05) is 18.2 Å². The standard InChI is InChI=1S/C21H24N4O4S/c1-15-8-11-18(29-2)19(14-15)30(27,28)22-12-13-24-21(26)25(17-9-10-17)20(23-24)16-6-4-3-5-7-16/h3-8,11,14,17,22H,9-10,12-13H2,1-2H3. The van der Waals surface area contributed by atoms with Gasteiger partial charge in [0.25, 0.3) is 0 Å². The topological polar surface area (TPSA) is 95.2 Å². The highest BCUT2D eigenvalue weighted by atomic mass is 32.2. The molecule has 158 valence electrons. The van der Waals surface area contributed by atoms with Gasteiger partial charge in [0.1, 0.15) is 10.6 Å². The normalized spacial score (nSPS) is 14.1. The van der Waals surface area contributed by atoms with Crippen molar-refractivity contribution < 1.29 is 13.2 Å². The smallest absolute Gasteiger partial charge is 0.346 e. The number of methoxy groups -OCH3 is 1. The summed E-state index contributed by atoms with van der Waals surface area (Å²) in [6, 6.07) is 14.7. The first-order chi connectivity index (χ1) is 14.4. The molecule has 2 aromatic carbocycles. The third-order valence-corrected chi connectivity index (χ3v) is 6.52. The Labute approximate surface area is 175 Å². The van der Waals surface area contributed by atoms with Gasteiger partial charge in [-0.05, 0) is 37.5 Å². The van der Waals surface area contributed by atoms with Crippen LogP contribution in [0.2, 0.25) is 0 Å². The summed E-state index contributed by atoms with van der Waals surface area (Å²) in [4.78, 5) is 13.0. The third-order valence-electron chi connectivity index (χ3n) is 5.04. The maximum Gasteiger partial charge on any atom is 0.346 e. The Morgan fingerprint density at radius 2 is 1.90 bits per heavy atom. The highest BCUT2D eigenvalue weighted by molar-refractivity contribution is 7.89. The predicted molar refractivity (Wildman–Crippen MR) is 113 cm³/mol. The van der Waals surface area contributed by atoms with Crippen LogP contribution in [0.3, 0.4) is 0 Å². The lowest BCUT2D eigenvalue weighted by atomic mass is 10.2. The summed E-state index contributed by atoms with van der Waals surface area (Å²) in [6.45, 7) is 1.98. The molecule has 1 heterocycles. The first-order valence-electron chi connectivity index (χ1n) is 9.80. The van der Waals surface area contributed by atoms with Crippen LogP contribution in [0.15, 0.2) is 58.2 Å². The van der Waals surface area contributed by atoms with E-state index in [1.54, 1.807) is 22.8 Å². The number of aromatic nitrogens is 3. The van der Waals surface area contributed by atoms with Crippen LogP contribution in [-0.2, 0) is 16.6 Å². The molecule has 0 atom stereocenters. The van der Waals surface area contributed by atoms with E-state index in [1.807, 2.05) is 37.3 Å². The summed E-state index contributed by atoms with van der Waals surface area (Å²) in [5, 5.41) is 4.49. The summed E-state index contributed by atoms with van der Waals surface area (Å²) >= 11 is 0. The highest BCUT2D eigenvalue weighted by Crippen LogP contribution is 2.36. The van der Waals surface area contributed by atoms with E-state index >= 15 is 0 Å². The second kappa shape index (κ2) is 8.08. The molecule has 1 aliphatic carbocycles. The Hall–Kier alpha value is -2.91. The summed E-state index contributed by atoms with van der Waals surface area (Å²) in [7, 11) is -2.36. The minimum atomic E-state index is -3.79. The van der Waals surface area contributed by atoms with E-state index in [-0.39, 0.29) is 35.5 Å². The molecular weight excluding hydrogens is 404 g/mol. The fourth-order valence-electron chi connectivity index (χ4n) is 3.37. The molecule has 3 aromatic rings. The van der Waals surface area contributed by atoms with Crippen LogP contribution in [-0.4, -0.2) is 36.4 Å². The van der Waals surface area contributed by atoms with E-state index in [0.29, 0.717) is 5.82 Å². The van der Waals surface area contributed by atoms with Crippen molar-refractivity contribution in [3.63, 3.8) is 0 Å². The molecule has 0 aliphatic heterocycles. The van der Waals surface area contributed by atoms with Crippen molar-refractivity contribution in [3.8, 4) is 17.1 Å². The Balaban J connectivity index is 1.55. The van der Waals surface area contributed by atoms with E-state index in [9.17, 15) is 13.2 Å². The van der Waals surface area contributed by atoms with Crippen LogP contribution in [0.4, 0.5) is 0 Å². The van der Waals surface area contributed by atoms with Crippen molar-refractivity contribution in [1.82, 2.24) is 19.1 Å². The Bertz CT molecular complexity index is 1210. The van der Waals surface area contributed by atoms with Gasteiger partial charge in [0.15, 0.2) is 5.82 Å². The van der Waals surface area contributed by atoms with Gasteiger partial charge in [-0.3, -0.25) is 4.57 Å². The molecule has 4 rings (SSSR count). The van der Waals surface area contributed by atoms with Gasteiger partial charge >= 0.3 is 5.69 Å². The SMILES string of the molecule is COc1ccc(C)cc1S(=O)(=O)NCCn1nc(-c2ccccc2)n(C2CC2)c1=O. The second-order valence-electron chi connectivity index (χ2n) is 7.35. The maximum absolute atomic E-state index is 12.9. The lowest BCUT2D eigenvalue weighted by Crippen LogP contribution is -2.32. The van der Waals surface area contributed by atoms with Gasteiger partial charge < -0.3 is 4.74 Å². The molecule has 1 aliphatic rings. The lowest BCUT2D eigenvalue weighted by Gasteiger charge is -2.11. The monoisotopic (exact) mass is 428 g/mol.